The summed E-state index contributed by atoms with van der Waals surface area (Å²) in [6.07, 6.45) is 10.7. The largest absolute Gasteiger partial charge is 0.393 e. The molecule has 3 unspecified atom stereocenters. The summed E-state index contributed by atoms with van der Waals surface area (Å²) in [7, 11) is 2.18. The van der Waals surface area contributed by atoms with Crippen molar-refractivity contribution in [1.82, 2.24) is 9.88 Å². The van der Waals surface area contributed by atoms with Gasteiger partial charge in [-0.15, -0.1) is 0 Å². The van der Waals surface area contributed by atoms with Gasteiger partial charge in [0.1, 0.15) is 0 Å². The smallest absolute Gasteiger partial charge is 0.0580 e. The summed E-state index contributed by atoms with van der Waals surface area (Å²) in [6.45, 7) is 4.33. The average molecular weight is 290 g/mol. The molecular weight excluding hydrogens is 260 g/mol. The van der Waals surface area contributed by atoms with Crippen molar-refractivity contribution in [1.29, 1.82) is 0 Å². The van der Waals surface area contributed by atoms with E-state index in [4.69, 9.17) is 0 Å². The Balaban J connectivity index is 1.76. The summed E-state index contributed by atoms with van der Waals surface area (Å²) in [6, 6.07) is 4.17. The van der Waals surface area contributed by atoms with Gasteiger partial charge in [-0.3, -0.25) is 4.98 Å². The zero-order valence-electron chi connectivity index (χ0n) is 13.5. The predicted molar refractivity (Wildman–Crippen MR) is 87.2 cm³/mol. The minimum atomic E-state index is -0.0959. The van der Waals surface area contributed by atoms with Crippen LogP contribution in [-0.4, -0.2) is 41.2 Å². The molecule has 3 heteroatoms. The summed E-state index contributed by atoms with van der Waals surface area (Å²) in [5.41, 5.74) is 1.34. The van der Waals surface area contributed by atoms with Gasteiger partial charge in [-0.05, 0) is 62.3 Å². The predicted octanol–water partition coefficient (Wildman–Crippen LogP) is 3.13. The molecule has 1 fully saturated rings. The highest BCUT2D eigenvalue weighted by Crippen LogP contribution is 2.32. The first-order valence-electron chi connectivity index (χ1n) is 8.44. The topological polar surface area (TPSA) is 36.4 Å². The maximum atomic E-state index is 10.3. The molecule has 0 aliphatic heterocycles. The summed E-state index contributed by atoms with van der Waals surface area (Å²) in [5.74, 6) is 1.29. The number of hydrogen-bond donors (Lipinski definition) is 1. The van der Waals surface area contributed by atoms with Crippen LogP contribution in [-0.2, 0) is 6.42 Å². The van der Waals surface area contributed by atoms with E-state index in [0.29, 0.717) is 5.92 Å². The molecule has 0 aromatic carbocycles. The van der Waals surface area contributed by atoms with E-state index in [1.165, 1.54) is 31.2 Å². The van der Waals surface area contributed by atoms with Gasteiger partial charge in [0.25, 0.3) is 0 Å². The van der Waals surface area contributed by atoms with E-state index in [9.17, 15) is 5.11 Å². The van der Waals surface area contributed by atoms with Crippen LogP contribution in [0.25, 0.3) is 0 Å². The molecule has 1 aromatic rings. The summed E-state index contributed by atoms with van der Waals surface area (Å²) >= 11 is 0. The molecule has 3 atom stereocenters. The minimum Gasteiger partial charge on any atom is -0.393 e. The molecule has 0 radical (unpaired) electrons. The lowest BCUT2D eigenvalue weighted by molar-refractivity contribution is 0.0301. The van der Waals surface area contributed by atoms with Crippen molar-refractivity contribution in [3.05, 3.63) is 30.1 Å². The maximum Gasteiger partial charge on any atom is 0.0580 e. The first-order chi connectivity index (χ1) is 10.2. The molecule has 3 nitrogen and oxygen atoms in total. The van der Waals surface area contributed by atoms with Crippen molar-refractivity contribution in [2.24, 2.45) is 11.8 Å². The number of aromatic nitrogens is 1. The molecule has 1 aromatic heterocycles. The monoisotopic (exact) mass is 290 g/mol. The Morgan fingerprint density at radius 1 is 1.29 bits per heavy atom. The molecule has 0 amide bonds. The Hall–Kier alpha value is -0.930. The van der Waals surface area contributed by atoms with Crippen LogP contribution in [0.5, 0.6) is 0 Å². The van der Waals surface area contributed by atoms with Gasteiger partial charge in [-0.25, -0.2) is 0 Å². The molecule has 118 valence electrons. The van der Waals surface area contributed by atoms with Crippen LogP contribution in [0.4, 0.5) is 0 Å². The first kappa shape index (κ1) is 16.4. The Bertz CT molecular complexity index is 395. The van der Waals surface area contributed by atoms with E-state index >= 15 is 0 Å². The fourth-order valence-electron chi connectivity index (χ4n) is 3.57. The normalized spacial score (nSPS) is 26.2. The molecule has 2 rings (SSSR count). The summed E-state index contributed by atoms with van der Waals surface area (Å²) in [5, 5.41) is 10.3. The van der Waals surface area contributed by atoms with E-state index in [-0.39, 0.29) is 6.10 Å². The van der Waals surface area contributed by atoms with Crippen LogP contribution >= 0.6 is 0 Å². The lowest BCUT2D eigenvalue weighted by Gasteiger charge is -2.35. The van der Waals surface area contributed by atoms with Crippen LogP contribution in [0.2, 0.25) is 0 Å². The van der Waals surface area contributed by atoms with E-state index in [1.807, 2.05) is 12.4 Å². The minimum absolute atomic E-state index is 0.0959. The third-order valence-corrected chi connectivity index (χ3v) is 4.83. The Kier molecular flexibility index (Phi) is 6.65. The van der Waals surface area contributed by atoms with Gasteiger partial charge in [0.2, 0.25) is 0 Å². The second kappa shape index (κ2) is 8.50. The second-order valence-corrected chi connectivity index (χ2v) is 6.66. The van der Waals surface area contributed by atoms with Gasteiger partial charge in [0.15, 0.2) is 0 Å². The molecule has 0 spiro atoms. The van der Waals surface area contributed by atoms with Crippen LogP contribution in [0.1, 0.15) is 44.6 Å². The van der Waals surface area contributed by atoms with Crippen molar-refractivity contribution < 1.29 is 5.11 Å². The Morgan fingerprint density at radius 2 is 2.05 bits per heavy atom. The van der Waals surface area contributed by atoms with Gasteiger partial charge in [0, 0.05) is 25.5 Å². The second-order valence-electron chi connectivity index (χ2n) is 6.66. The van der Waals surface area contributed by atoms with Crippen LogP contribution < -0.4 is 0 Å². The van der Waals surface area contributed by atoms with Gasteiger partial charge < -0.3 is 10.0 Å². The third kappa shape index (κ3) is 5.40. The Labute approximate surface area is 129 Å². The molecule has 1 aliphatic carbocycles. The van der Waals surface area contributed by atoms with Crippen molar-refractivity contribution >= 4 is 0 Å². The fourth-order valence-corrected chi connectivity index (χ4v) is 3.57. The summed E-state index contributed by atoms with van der Waals surface area (Å²) in [4.78, 5) is 6.43. The van der Waals surface area contributed by atoms with Crippen molar-refractivity contribution in [2.45, 2.75) is 51.6 Å². The van der Waals surface area contributed by atoms with Gasteiger partial charge in [-0.1, -0.05) is 19.8 Å². The number of hydrogen-bond acceptors (Lipinski definition) is 3. The molecule has 21 heavy (non-hydrogen) atoms. The highest BCUT2D eigenvalue weighted by molar-refractivity contribution is 5.09. The van der Waals surface area contributed by atoms with Gasteiger partial charge >= 0.3 is 0 Å². The molecule has 1 saturated carbocycles. The number of aliphatic hydroxyl groups excluding tert-OH is 1. The van der Waals surface area contributed by atoms with E-state index in [0.717, 1.165) is 31.8 Å². The molecule has 0 bridgehead atoms. The van der Waals surface area contributed by atoms with Crippen LogP contribution in [0.3, 0.4) is 0 Å². The highest BCUT2D eigenvalue weighted by atomic mass is 16.3. The van der Waals surface area contributed by atoms with E-state index in [2.05, 4.69) is 36.0 Å². The summed E-state index contributed by atoms with van der Waals surface area (Å²) < 4.78 is 0. The number of pyridine rings is 1. The zero-order valence-corrected chi connectivity index (χ0v) is 13.5. The lowest BCUT2D eigenvalue weighted by atomic mass is 9.77. The van der Waals surface area contributed by atoms with Gasteiger partial charge in [0.05, 0.1) is 6.10 Å². The molecule has 1 heterocycles. The van der Waals surface area contributed by atoms with E-state index in [1.54, 1.807) is 0 Å². The number of likely N-dealkylation sites (N-methyl/N-ethyl adjacent to an activating group) is 1. The lowest BCUT2D eigenvalue weighted by Crippen LogP contribution is -2.38. The molecule has 0 saturated heterocycles. The van der Waals surface area contributed by atoms with Crippen LogP contribution in [0, 0.1) is 11.8 Å². The SMILES string of the molecule is CCCC1CCC(O)C(CN(C)CCc2ccncc2)C1. The first-order valence-corrected chi connectivity index (χ1v) is 8.44. The van der Waals surface area contributed by atoms with Crippen molar-refractivity contribution in [3.8, 4) is 0 Å². The zero-order chi connectivity index (χ0) is 15.1. The standard InChI is InChI=1S/C18H30N2O/c1-3-4-16-5-6-18(21)17(13-16)14-20(2)12-9-15-7-10-19-11-8-15/h7-8,10-11,16-18,21H,3-6,9,12-14H2,1-2H3. The molecular formula is C18H30N2O. The maximum absolute atomic E-state index is 10.3. The van der Waals surface area contributed by atoms with Crippen molar-refractivity contribution in [2.75, 3.05) is 20.1 Å². The quantitative estimate of drug-likeness (QED) is 0.838. The fraction of sp³-hybridized carbons (Fsp3) is 0.722. The Morgan fingerprint density at radius 3 is 2.76 bits per heavy atom. The average Bonchev–Trinajstić information content (AvgIpc) is 2.50. The highest BCUT2D eigenvalue weighted by Gasteiger charge is 2.29. The molecule has 1 N–H and O–H groups in total. The number of nitrogens with zero attached hydrogens (tertiary/aromatic N) is 2. The number of aliphatic hydroxyl groups is 1. The number of rotatable bonds is 7. The molecule has 1 aliphatic rings. The third-order valence-electron chi connectivity index (χ3n) is 4.83. The van der Waals surface area contributed by atoms with E-state index < -0.39 is 0 Å². The van der Waals surface area contributed by atoms with Crippen molar-refractivity contribution in [3.63, 3.8) is 0 Å². The van der Waals surface area contributed by atoms with Crippen LogP contribution in [0.15, 0.2) is 24.5 Å². The van der Waals surface area contributed by atoms with Gasteiger partial charge in [-0.2, -0.15) is 0 Å².